The molecular formula is C20H40N2O4Si. The summed E-state index contributed by atoms with van der Waals surface area (Å²) in [6.45, 7) is 14.5. The van der Waals surface area contributed by atoms with Crippen LogP contribution in [0.15, 0.2) is 0 Å². The maximum Gasteiger partial charge on any atom is 0.429 e. The Labute approximate surface area is 166 Å². The first-order valence-corrected chi connectivity index (χ1v) is 14.0. The van der Waals surface area contributed by atoms with Crippen molar-refractivity contribution >= 4 is 20.3 Å². The van der Waals surface area contributed by atoms with Crippen molar-refractivity contribution in [2.24, 2.45) is 5.92 Å². The molecule has 2 amide bonds. The quantitative estimate of drug-likeness (QED) is 0.468. The zero-order valence-corrected chi connectivity index (χ0v) is 19.4. The van der Waals surface area contributed by atoms with E-state index in [1.165, 1.54) is 37.1 Å². The van der Waals surface area contributed by atoms with E-state index in [4.69, 9.17) is 9.47 Å². The van der Waals surface area contributed by atoms with Gasteiger partial charge in [0.05, 0.1) is 12.6 Å². The molecule has 6 nitrogen and oxygen atoms in total. The second kappa shape index (κ2) is 10.3. The van der Waals surface area contributed by atoms with Gasteiger partial charge in [0.15, 0.2) is 0 Å². The lowest BCUT2D eigenvalue weighted by atomic mass is 9.85. The topological polar surface area (TPSA) is 67.9 Å². The van der Waals surface area contributed by atoms with Gasteiger partial charge < -0.3 is 9.47 Å². The van der Waals surface area contributed by atoms with Gasteiger partial charge in [-0.25, -0.2) is 20.0 Å². The second-order valence-electron chi connectivity index (χ2n) is 10.00. The van der Waals surface area contributed by atoms with Gasteiger partial charge in [-0.15, -0.1) is 0 Å². The molecule has 158 valence electrons. The Bertz CT molecular complexity index is 479. The standard InChI is InChI=1S/C20H40N2O4Si/c1-16(15-17-11-9-8-10-12-17)22(19(24)26-20(2,3)4)21-18(23)25-13-14-27(5,6)7/h16-17H,8-15H2,1-7H3,(H,21,23)/t16-/m0/s1. The first kappa shape index (κ1) is 23.8. The molecule has 1 atom stereocenters. The predicted molar refractivity (Wildman–Crippen MR) is 111 cm³/mol. The highest BCUT2D eigenvalue weighted by Gasteiger charge is 2.30. The Morgan fingerprint density at radius 3 is 2.26 bits per heavy atom. The van der Waals surface area contributed by atoms with Gasteiger partial charge in [0.1, 0.15) is 5.60 Å². The minimum absolute atomic E-state index is 0.146. The molecule has 0 unspecified atom stereocenters. The summed E-state index contributed by atoms with van der Waals surface area (Å²) < 4.78 is 10.8. The predicted octanol–water partition coefficient (Wildman–Crippen LogP) is 5.56. The smallest absolute Gasteiger partial charge is 0.429 e. The molecule has 0 aromatic carbocycles. The summed E-state index contributed by atoms with van der Waals surface area (Å²) in [5, 5.41) is 1.32. The number of nitrogens with zero attached hydrogens (tertiary/aromatic N) is 1. The van der Waals surface area contributed by atoms with E-state index < -0.39 is 25.9 Å². The molecule has 0 aliphatic heterocycles. The average molecular weight is 401 g/mol. The normalized spacial score (nSPS) is 17.1. The lowest BCUT2D eigenvalue weighted by Gasteiger charge is -2.34. The highest BCUT2D eigenvalue weighted by atomic mass is 28.3. The molecule has 27 heavy (non-hydrogen) atoms. The summed E-state index contributed by atoms with van der Waals surface area (Å²) >= 11 is 0. The molecule has 0 saturated heterocycles. The van der Waals surface area contributed by atoms with Gasteiger partial charge in [0.2, 0.25) is 0 Å². The van der Waals surface area contributed by atoms with Crippen LogP contribution < -0.4 is 5.43 Å². The van der Waals surface area contributed by atoms with Crippen molar-refractivity contribution in [3.63, 3.8) is 0 Å². The Morgan fingerprint density at radius 1 is 1.15 bits per heavy atom. The summed E-state index contributed by atoms with van der Waals surface area (Å²) in [5.74, 6) is 0.586. The first-order valence-electron chi connectivity index (χ1n) is 10.3. The van der Waals surface area contributed by atoms with Crippen LogP contribution >= 0.6 is 0 Å². The van der Waals surface area contributed by atoms with E-state index >= 15 is 0 Å². The van der Waals surface area contributed by atoms with Gasteiger partial charge in [-0.2, -0.15) is 0 Å². The van der Waals surface area contributed by atoms with Crippen LogP contribution in [0.2, 0.25) is 25.7 Å². The Balaban J connectivity index is 2.68. The van der Waals surface area contributed by atoms with E-state index in [0.717, 1.165) is 12.5 Å². The summed E-state index contributed by atoms with van der Waals surface area (Å²) in [6, 6.07) is 0.747. The van der Waals surface area contributed by atoms with Crippen LogP contribution in [0.4, 0.5) is 9.59 Å². The third-order valence-corrected chi connectivity index (χ3v) is 6.43. The van der Waals surface area contributed by atoms with E-state index in [9.17, 15) is 9.59 Å². The number of hydrazine groups is 1. The zero-order chi connectivity index (χ0) is 20.7. The molecule has 7 heteroatoms. The zero-order valence-electron chi connectivity index (χ0n) is 18.4. The molecule has 0 aromatic heterocycles. The molecule has 0 aromatic rings. The Morgan fingerprint density at radius 2 is 1.74 bits per heavy atom. The number of carbonyl (C=O) groups is 2. The maximum absolute atomic E-state index is 12.7. The van der Waals surface area contributed by atoms with E-state index in [2.05, 4.69) is 25.1 Å². The molecule has 1 saturated carbocycles. The number of ether oxygens (including phenoxy) is 2. The molecule has 1 fully saturated rings. The minimum atomic E-state index is -1.28. The second-order valence-corrected chi connectivity index (χ2v) is 15.6. The van der Waals surface area contributed by atoms with Crippen LogP contribution in [-0.4, -0.2) is 43.5 Å². The SMILES string of the molecule is C[C@@H](CC1CCCCC1)N(NC(=O)OCC[Si](C)(C)C)C(=O)OC(C)(C)C. The van der Waals surface area contributed by atoms with Crippen molar-refractivity contribution in [2.75, 3.05) is 6.61 Å². The van der Waals surface area contributed by atoms with Crippen LogP contribution in [0, 0.1) is 5.92 Å². The van der Waals surface area contributed by atoms with Crippen molar-refractivity contribution in [1.82, 2.24) is 10.4 Å². The number of carbonyl (C=O) groups excluding carboxylic acids is 2. The fourth-order valence-corrected chi connectivity index (χ4v) is 3.95. The van der Waals surface area contributed by atoms with Crippen LogP contribution in [0.1, 0.15) is 66.2 Å². The maximum atomic E-state index is 12.7. The lowest BCUT2D eigenvalue weighted by molar-refractivity contribution is -0.000593. The number of hydrogen-bond donors (Lipinski definition) is 1. The third-order valence-electron chi connectivity index (χ3n) is 4.73. The number of hydrogen-bond acceptors (Lipinski definition) is 4. The highest BCUT2D eigenvalue weighted by molar-refractivity contribution is 6.76. The molecule has 0 bridgehead atoms. The molecular weight excluding hydrogens is 360 g/mol. The minimum Gasteiger partial charge on any atom is -0.449 e. The van der Waals surface area contributed by atoms with Crippen LogP contribution in [-0.2, 0) is 9.47 Å². The fraction of sp³-hybridized carbons (Fsp3) is 0.900. The fourth-order valence-electron chi connectivity index (χ4n) is 3.24. The average Bonchev–Trinajstić information content (AvgIpc) is 2.50. The molecule has 1 rings (SSSR count). The highest BCUT2D eigenvalue weighted by Crippen LogP contribution is 2.28. The number of nitrogens with one attached hydrogen (secondary N) is 1. The Hall–Kier alpha value is -1.24. The van der Waals surface area contributed by atoms with Crippen molar-refractivity contribution in [3.8, 4) is 0 Å². The third kappa shape index (κ3) is 10.6. The van der Waals surface area contributed by atoms with Gasteiger partial charge in [-0.05, 0) is 46.1 Å². The largest absolute Gasteiger partial charge is 0.449 e. The van der Waals surface area contributed by atoms with Crippen molar-refractivity contribution in [2.45, 2.75) is 104 Å². The van der Waals surface area contributed by atoms with E-state index in [1.54, 1.807) is 0 Å². The van der Waals surface area contributed by atoms with Crippen LogP contribution in [0.3, 0.4) is 0 Å². The van der Waals surface area contributed by atoms with Gasteiger partial charge in [0, 0.05) is 8.07 Å². The van der Waals surface area contributed by atoms with E-state index in [-0.39, 0.29) is 6.04 Å². The summed E-state index contributed by atoms with van der Waals surface area (Å²) in [7, 11) is -1.28. The van der Waals surface area contributed by atoms with Crippen molar-refractivity contribution in [3.05, 3.63) is 0 Å². The molecule has 0 heterocycles. The molecule has 0 spiro atoms. The van der Waals surface area contributed by atoms with Gasteiger partial charge in [0.25, 0.3) is 0 Å². The van der Waals surface area contributed by atoms with Crippen LogP contribution in [0.5, 0.6) is 0 Å². The lowest BCUT2D eigenvalue weighted by Crippen LogP contribution is -2.53. The molecule has 1 N–H and O–H groups in total. The summed E-state index contributed by atoms with van der Waals surface area (Å²) in [4.78, 5) is 24.9. The van der Waals surface area contributed by atoms with E-state index in [0.29, 0.717) is 12.5 Å². The van der Waals surface area contributed by atoms with Crippen LogP contribution in [0.25, 0.3) is 0 Å². The van der Waals surface area contributed by atoms with Gasteiger partial charge in [-0.3, -0.25) is 0 Å². The monoisotopic (exact) mass is 400 g/mol. The summed E-state index contributed by atoms with van der Waals surface area (Å²) in [6.07, 6.45) is 5.89. The number of amides is 2. The Kier molecular flexibility index (Phi) is 9.11. The van der Waals surface area contributed by atoms with Crippen molar-refractivity contribution < 1.29 is 19.1 Å². The summed E-state index contributed by atoms with van der Waals surface area (Å²) in [5.41, 5.74) is 2.01. The molecule has 0 radical (unpaired) electrons. The molecule has 1 aliphatic carbocycles. The van der Waals surface area contributed by atoms with E-state index in [1.807, 2.05) is 27.7 Å². The number of rotatable bonds is 6. The van der Waals surface area contributed by atoms with Crippen molar-refractivity contribution in [1.29, 1.82) is 0 Å². The van der Waals surface area contributed by atoms with Gasteiger partial charge in [-0.1, -0.05) is 51.7 Å². The first-order chi connectivity index (χ1) is 12.4. The van der Waals surface area contributed by atoms with Gasteiger partial charge >= 0.3 is 12.2 Å². The molecule has 1 aliphatic rings.